The number of aryl methyl sites for hydroxylation is 1. The molecule has 4 aromatic heterocycles. The number of anilines is 1. The van der Waals surface area contributed by atoms with Crippen LogP contribution in [0.15, 0.2) is 77.4 Å². The highest BCUT2D eigenvalue weighted by molar-refractivity contribution is 6.08. The fraction of sp³-hybridized carbons (Fsp3) is 0.326. The van der Waals surface area contributed by atoms with Gasteiger partial charge < -0.3 is 14.9 Å². The summed E-state index contributed by atoms with van der Waals surface area (Å²) in [4.78, 5) is 58.1. The number of nitrogens with zero attached hydrogens (tertiary/aromatic N) is 9. The van der Waals surface area contributed by atoms with Crippen LogP contribution >= 0.6 is 0 Å². The van der Waals surface area contributed by atoms with E-state index in [-0.39, 0.29) is 42.6 Å². The summed E-state index contributed by atoms with van der Waals surface area (Å²) in [7, 11) is 1.85. The second-order valence-corrected chi connectivity index (χ2v) is 17.4. The summed E-state index contributed by atoms with van der Waals surface area (Å²) < 4.78 is 71.4. The maximum atomic E-state index is 15.7. The van der Waals surface area contributed by atoms with Gasteiger partial charge in [0, 0.05) is 78.4 Å². The minimum atomic E-state index is -5.08. The minimum absolute atomic E-state index is 0.0817. The van der Waals surface area contributed by atoms with E-state index in [0.29, 0.717) is 57.9 Å². The maximum Gasteiger partial charge on any atom is 0.490 e. The van der Waals surface area contributed by atoms with E-state index in [0.717, 1.165) is 36.8 Å². The number of likely N-dealkylation sites (tertiary alicyclic amines) is 1. The van der Waals surface area contributed by atoms with Crippen molar-refractivity contribution in [1.29, 1.82) is 0 Å². The van der Waals surface area contributed by atoms with E-state index in [1.165, 1.54) is 22.6 Å². The van der Waals surface area contributed by atoms with Gasteiger partial charge in [-0.15, -0.1) is 0 Å². The average Bonchev–Trinajstić information content (AvgIpc) is 4.05. The van der Waals surface area contributed by atoms with Gasteiger partial charge in [-0.25, -0.2) is 27.9 Å². The summed E-state index contributed by atoms with van der Waals surface area (Å²) in [5.74, 6) is -3.40. The van der Waals surface area contributed by atoms with Crippen LogP contribution in [0, 0.1) is 11.6 Å². The summed E-state index contributed by atoms with van der Waals surface area (Å²) in [6.07, 6.45) is -1.42. The Morgan fingerprint density at radius 3 is 2.25 bits per heavy atom. The fourth-order valence-electron chi connectivity index (χ4n) is 7.95. The molecule has 0 saturated carbocycles. The molecule has 3 aromatic carbocycles. The molecule has 2 aliphatic rings. The molecule has 0 spiro atoms. The van der Waals surface area contributed by atoms with Crippen LogP contribution in [0.2, 0.25) is 0 Å². The Hall–Kier alpha value is -7.62. The van der Waals surface area contributed by atoms with Gasteiger partial charge in [-0.05, 0) is 67.7 Å². The Kier molecular flexibility index (Phi) is 12.8. The lowest BCUT2D eigenvalue weighted by Crippen LogP contribution is -2.49. The number of benzene rings is 3. The molecule has 0 aliphatic carbocycles. The number of aliphatic carboxylic acids is 1. The van der Waals surface area contributed by atoms with Crippen molar-refractivity contribution >= 4 is 46.2 Å². The van der Waals surface area contributed by atoms with Crippen LogP contribution in [0.3, 0.4) is 0 Å². The first-order chi connectivity index (χ1) is 32.2. The molecule has 3 N–H and O–H groups in total. The zero-order valence-corrected chi connectivity index (χ0v) is 37.1. The normalized spacial score (nSPS) is 15.1. The third-order valence-electron chi connectivity index (χ3n) is 11.6. The molecule has 2 saturated heterocycles. The largest absolute Gasteiger partial charge is 0.490 e. The van der Waals surface area contributed by atoms with E-state index >= 15 is 8.78 Å². The van der Waals surface area contributed by atoms with Crippen molar-refractivity contribution in [1.82, 2.24) is 50.1 Å². The molecule has 0 unspecified atom stereocenters. The number of aromatic nitrogens is 7. The van der Waals surface area contributed by atoms with Gasteiger partial charge in [0.05, 0.1) is 16.9 Å². The number of hydrogen-bond donors (Lipinski definition) is 3. The lowest BCUT2D eigenvalue weighted by Gasteiger charge is -2.32. The zero-order valence-electron chi connectivity index (χ0n) is 37.1. The summed E-state index contributed by atoms with van der Waals surface area (Å²) in [6.45, 7) is 7.96. The molecular weight excluding hydrogens is 898 g/mol. The van der Waals surface area contributed by atoms with Crippen molar-refractivity contribution in [2.45, 2.75) is 70.6 Å². The van der Waals surface area contributed by atoms with E-state index in [1.807, 2.05) is 40.0 Å². The van der Waals surface area contributed by atoms with Crippen LogP contribution in [-0.4, -0.2) is 94.2 Å². The number of halogens is 5. The van der Waals surface area contributed by atoms with Gasteiger partial charge >= 0.3 is 18.2 Å². The number of hydrogen-bond acceptors (Lipinski definition) is 11. The highest BCUT2D eigenvalue weighted by Crippen LogP contribution is 2.35. The predicted molar refractivity (Wildman–Crippen MR) is 235 cm³/mol. The molecule has 2 fully saturated rings. The van der Waals surface area contributed by atoms with Gasteiger partial charge in [0.2, 0.25) is 11.8 Å². The van der Waals surface area contributed by atoms with Crippen LogP contribution < -0.4 is 15.5 Å². The number of imide groups is 1. The van der Waals surface area contributed by atoms with Gasteiger partial charge in [0.25, 0.3) is 11.7 Å². The zero-order chi connectivity index (χ0) is 48.7. The first-order valence-corrected chi connectivity index (χ1v) is 21.4. The fourth-order valence-corrected chi connectivity index (χ4v) is 7.95. The van der Waals surface area contributed by atoms with Crippen molar-refractivity contribution in [3.63, 3.8) is 0 Å². The van der Waals surface area contributed by atoms with Gasteiger partial charge in [-0.1, -0.05) is 56.3 Å². The molecule has 68 heavy (non-hydrogen) atoms. The number of urea groups is 1. The number of amides is 4. The van der Waals surface area contributed by atoms with Crippen LogP contribution in [0.5, 0.6) is 0 Å². The number of carbonyl (C=O) groups is 4. The molecule has 354 valence electrons. The smallest absolute Gasteiger partial charge is 0.475 e. The molecule has 2 aliphatic heterocycles. The van der Waals surface area contributed by atoms with E-state index in [4.69, 9.17) is 19.5 Å². The van der Waals surface area contributed by atoms with Gasteiger partial charge in [0.15, 0.2) is 11.5 Å². The van der Waals surface area contributed by atoms with Crippen molar-refractivity contribution in [2.24, 2.45) is 7.05 Å². The summed E-state index contributed by atoms with van der Waals surface area (Å²) >= 11 is 0. The van der Waals surface area contributed by atoms with Gasteiger partial charge in [-0.2, -0.15) is 28.4 Å². The second kappa shape index (κ2) is 18.6. The summed E-state index contributed by atoms with van der Waals surface area (Å²) in [6, 6.07) is 19.1. The second-order valence-electron chi connectivity index (χ2n) is 17.4. The van der Waals surface area contributed by atoms with Crippen molar-refractivity contribution in [2.75, 3.05) is 24.5 Å². The Labute approximate surface area is 383 Å². The molecule has 7 aromatic rings. The monoisotopic (exact) mass is 941 g/mol. The standard InChI is InChI=1S/C44H43F2N11O4.C2HF3O2/c1-44(2,3)42-50-39(53-61-42)41(59)48-23-29-7-6-28(20-32(29)45)35-11-15-47-37-22-34(51-57(35)37)27-5-8-30(33(46)19-27)24-55-16-12-25(13-17-55)26-9-10-31-36(21-26)54(4)52-40(31)56-18-14-38(58)49-43(56)60;3-2(4,5)1(6)7/h5-11,15,19-22,25H,12-14,16-18,23-24H2,1-4H3,(H,48,59)(H,49,58,60);(H,6,7). The van der Waals surface area contributed by atoms with E-state index in [2.05, 4.69) is 47.9 Å². The Morgan fingerprint density at radius 1 is 0.897 bits per heavy atom. The van der Waals surface area contributed by atoms with E-state index in [9.17, 15) is 27.6 Å². The van der Waals surface area contributed by atoms with Crippen LogP contribution in [0.25, 0.3) is 39.1 Å². The Balaban J connectivity index is 0.000000830. The number of carboxylic acids is 1. The molecule has 4 amide bonds. The number of alkyl halides is 3. The first kappa shape index (κ1) is 46.9. The lowest BCUT2D eigenvalue weighted by atomic mass is 9.88. The third-order valence-corrected chi connectivity index (χ3v) is 11.6. The van der Waals surface area contributed by atoms with E-state index < -0.39 is 35.3 Å². The minimum Gasteiger partial charge on any atom is -0.475 e. The van der Waals surface area contributed by atoms with Gasteiger partial charge in [0.1, 0.15) is 11.6 Å². The molecule has 9 rings (SSSR count). The topological polar surface area (TPSA) is 206 Å². The number of nitrogens with one attached hydrogen (secondary N) is 2. The molecule has 0 bridgehead atoms. The molecule has 17 nitrogen and oxygen atoms in total. The Morgan fingerprint density at radius 2 is 1.59 bits per heavy atom. The molecule has 0 atom stereocenters. The number of carboxylic acid groups (broad SMARTS) is 1. The van der Waals surface area contributed by atoms with E-state index in [1.54, 1.807) is 45.7 Å². The van der Waals surface area contributed by atoms with Gasteiger partial charge in [-0.3, -0.25) is 29.4 Å². The highest BCUT2D eigenvalue weighted by atomic mass is 19.4. The van der Waals surface area contributed by atoms with Crippen LogP contribution in [0.4, 0.5) is 32.6 Å². The van der Waals surface area contributed by atoms with Crippen molar-refractivity contribution in [3.05, 3.63) is 113 Å². The number of piperidine rings is 1. The average molecular weight is 942 g/mol. The molecular formula is C46H44F5N11O6. The SMILES string of the molecule is Cn1nc(N2CCC(=O)NC2=O)c2ccc(C3CCN(Cc4ccc(-c5cc6nccc(-c7ccc(CNC(=O)c8noc(C(C)(C)C)n8)c(F)c7)n6n5)cc4F)CC3)cc21.O=C(O)C(F)(F)F. The molecule has 22 heteroatoms. The van der Waals surface area contributed by atoms with Crippen LogP contribution in [0.1, 0.15) is 79.2 Å². The predicted octanol–water partition coefficient (Wildman–Crippen LogP) is 7.30. The van der Waals surface area contributed by atoms with Crippen molar-refractivity contribution < 1.29 is 50.8 Å². The summed E-state index contributed by atoms with van der Waals surface area (Å²) in [5, 5.41) is 26.1. The number of carbonyl (C=O) groups excluding carboxylic acids is 3. The summed E-state index contributed by atoms with van der Waals surface area (Å²) in [5.41, 5.74) is 5.32. The lowest BCUT2D eigenvalue weighted by molar-refractivity contribution is -0.192. The van der Waals surface area contributed by atoms with Crippen molar-refractivity contribution in [3.8, 4) is 22.5 Å². The maximum absolute atomic E-state index is 15.7. The number of fused-ring (bicyclic) bond motifs is 2. The quantitative estimate of drug-likeness (QED) is 0.122. The molecule has 0 radical (unpaired) electrons. The molecule has 6 heterocycles. The Bertz CT molecular complexity index is 3080. The number of rotatable bonds is 9. The third kappa shape index (κ3) is 10.0. The first-order valence-electron chi connectivity index (χ1n) is 21.4. The highest BCUT2D eigenvalue weighted by Gasteiger charge is 2.38. The van der Waals surface area contributed by atoms with Crippen LogP contribution in [-0.2, 0) is 35.1 Å².